The van der Waals surface area contributed by atoms with E-state index < -0.39 is 0 Å². The van der Waals surface area contributed by atoms with Gasteiger partial charge in [0.15, 0.2) is 0 Å². The molecule has 6 heteroatoms. The lowest BCUT2D eigenvalue weighted by Crippen LogP contribution is -2.42. The van der Waals surface area contributed by atoms with Gasteiger partial charge in [0.1, 0.15) is 5.82 Å². The molecule has 0 spiro atoms. The van der Waals surface area contributed by atoms with E-state index in [1.165, 1.54) is 12.3 Å². The fourth-order valence-electron chi connectivity index (χ4n) is 2.21. The molecule has 18 heavy (non-hydrogen) atoms. The van der Waals surface area contributed by atoms with Gasteiger partial charge in [-0.25, -0.2) is 4.98 Å². The highest BCUT2D eigenvalue weighted by Crippen LogP contribution is 2.26. The Hall–Kier alpha value is -1.69. The highest BCUT2D eigenvalue weighted by atomic mass is 16.6. The van der Waals surface area contributed by atoms with Gasteiger partial charge in [0.25, 0.3) is 5.69 Å². The second-order valence-electron chi connectivity index (χ2n) is 4.87. The van der Waals surface area contributed by atoms with Gasteiger partial charge in [-0.3, -0.25) is 10.1 Å². The first-order valence-electron chi connectivity index (χ1n) is 6.03. The Balaban J connectivity index is 2.24. The van der Waals surface area contributed by atoms with Crippen LogP contribution in [0.3, 0.4) is 0 Å². The molecule has 0 bridgehead atoms. The number of anilines is 1. The van der Waals surface area contributed by atoms with Crippen LogP contribution in [-0.4, -0.2) is 34.2 Å². The van der Waals surface area contributed by atoms with Crippen LogP contribution >= 0.6 is 0 Å². The quantitative estimate of drug-likeness (QED) is 0.636. The lowest BCUT2D eigenvalue weighted by atomic mass is 9.97. The number of rotatable bonds is 2. The predicted octanol–water partition coefficient (Wildman–Crippen LogP) is 1.51. The second kappa shape index (κ2) is 4.89. The van der Waals surface area contributed by atoms with E-state index in [1.54, 1.807) is 6.92 Å². The second-order valence-corrected chi connectivity index (χ2v) is 4.87. The van der Waals surface area contributed by atoms with Gasteiger partial charge < -0.3 is 10.0 Å². The Bertz CT molecular complexity index is 464. The van der Waals surface area contributed by atoms with Gasteiger partial charge in [0.05, 0.1) is 17.1 Å². The van der Waals surface area contributed by atoms with Crippen LogP contribution in [0.1, 0.15) is 18.9 Å². The molecule has 1 aromatic heterocycles. The van der Waals surface area contributed by atoms with Gasteiger partial charge >= 0.3 is 0 Å². The van der Waals surface area contributed by atoms with Gasteiger partial charge in [-0.1, -0.05) is 6.92 Å². The maximum Gasteiger partial charge on any atom is 0.277 e. The first-order chi connectivity index (χ1) is 8.49. The van der Waals surface area contributed by atoms with Crippen LogP contribution in [0.4, 0.5) is 11.5 Å². The largest absolute Gasteiger partial charge is 0.393 e. The molecule has 0 radical (unpaired) electrons. The van der Waals surface area contributed by atoms with E-state index in [4.69, 9.17) is 0 Å². The minimum absolute atomic E-state index is 0.0961. The number of nitro groups is 1. The topological polar surface area (TPSA) is 79.5 Å². The van der Waals surface area contributed by atoms with Crippen LogP contribution < -0.4 is 4.90 Å². The molecule has 2 rings (SSSR count). The zero-order chi connectivity index (χ0) is 13.3. The molecule has 0 saturated carbocycles. The Labute approximate surface area is 105 Å². The van der Waals surface area contributed by atoms with Crippen LogP contribution in [0.5, 0.6) is 0 Å². The third-order valence-electron chi connectivity index (χ3n) is 3.44. The van der Waals surface area contributed by atoms with E-state index in [2.05, 4.69) is 4.98 Å². The van der Waals surface area contributed by atoms with Crippen molar-refractivity contribution in [2.45, 2.75) is 26.4 Å². The van der Waals surface area contributed by atoms with Crippen LogP contribution in [-0.2, 0) is 0 Å². The highest BCUT2D eigenvalue weighted by Gasteiger charge is 2.26. The lowest BCUT2D eigenvalue weighted by Gasteiger charge is -2.35. The minimum Gasteiger partial charge on any atom is -0.393 e. The van der Waals surface area contributed by atoms with Crippen molar-refractivity contribution in [2.75, 3.05) is 18.0 Å². The Morgan fingerprint density at radius 2 is 2.33 bits per heavy atom. The highest BCUT2D eigenvalue weighted by molar-refractivity contribution is 5.50. The molecular weight excluding hydrogens is 234 g/mol. The molecule has 1 fully saturated rings. The molecule has 0 amide bonds. The standard InChI is InChI=1S/C12H17N3O3/c1-8-6-13-12(5-10(8)15(17)18)14-4-3-11(16)9(2)7-14/h5-6,9,11,16H,3-4,7H2,1-2H3. The molecule has 2 heterocycles. The molecule has 1 aliphatic rings. The van der Waals surface area contributed by atoms with Crippen molar-refractivity contribution in [2.24, 2.45) is 5.92 Å². The summed E-state index contributed by atoms with van der Waals surface area (Å²) in [6.07, 6.45) is 1.91. The zero-order valence-electron chi connectivity index (χ0n) is 10.5. The fraction of sp³-hybridized carbons (Fsp3) is 0.583. The number of nitrogens with zero attached hydrogens (tertiary/aromatic N) is 3. The van der Waals surface area contributed by atoms with E-state index in [1.807, 2.05) is 11.8 Å². The molecule has 1 N–H and O–H groups in total. The van der Waals surface area contributed by atoms with Crippen LogP contribution in [0, 0.1) is 23.0 Å². The lowest BCUT2D eigenvalue weighted by molar-refractivity contribution is -0.385. The summed E-state index contributed by atoms with van der Waals surface area (Å²) >= 11 is 0. The van der Waals surface area contributed by atoms with E-state index in [-0.39, 0.29) is 22.6 Å². The summed E-state index contributed by atoms with van der Waals surface area (Å²) < 4.78 is 0. The number of aliphatic hydroxyl groups is 1. The van der Waals surface area contributed by atoms with Gasteiger partial charge in [0, 0.05) is 24.8 Å². The number of hydrogen-bond donors (Lipinski definition) is 1. The van der Waals surface area contributed by atoms with E-state index in [9.17, 15) is 15.2 Å². The normalized spacial score (nSPS) is 24.1. The number of pyridine rings is 1. The van der Waals surface area contributed by atoms with Gasteiger partial charge in [0.2, 0.25) is 0 Å². The van der Waals surface area contributed by atoms with Crippen molar-refractivity contribution in [3.8, 4) is 0 Å². The Morgan fingerprint density at radius 1 is 1.61 bits per heavy atom. The molecule has 1 aliphatic heterocycles. The van der Waals surface area contributed by atoms with Crippen molar-refractivity contribution in [3.63, 3.8) is 0 Å². The first-order valence-corrected chi connectivity index (χ1v) is 6.03. The predicted molar refractivity (Wildman–Crippen MR) is 67.6 cm³/mol. The van der Waals surface area contributed by atoms with Crippen LogP contribution in [0.2, 0.25) is 0 Å². The molecule has 0 aromatic carbocycles. The molecule has 0 aliphatic carbocycles. The molecule has 6 nitrogen and oxygen atoms in total. The Morgan fingerprint density at radius 3 is 2.94 bits per heavy atom. The third kappa shape index (κ3) is 2.43. The van der Waals surface area contributed by atoms with Gasteiger partial charge in [-0.2, -0.15) is 0 Å². The molecular formula is C12H17N3O3. The maximum absolute atomic E-state index is 10.9. The number of aryl methyl sites for hydroxylation is 1. The number of piperidine rings is 1. The summed E-state index contributed by atoms with van der Waals surface area (Å²) in [6, 6.07) is 1.51. The SMILES string of the molecule is Cc1cnc(N2CCC(O)C(C)C2)cc1[N+](=O)[O-]. The van der Waals surface area contributed by atoms with Crippen molar-refractivity contribution in [3.05, 3.63) is 27.9 Å². The van der Waals surface area contributed by atoms with Crippen molar-refractivity contribution >= 4 is 11.5 Å². The number of hydrogen-bond acceptors (Lipinski definition) is 5. The average molecular weight is 251 g/mol. The monoisotopic (exact) mass is 251 g/mol. The first kappa shape index (κ1) is 12.8. The summed E-state index contributed by atoms with van der Waals surface area (Å²) in [5.41, 5.74) is 0.660. The minimum atomic E-state index is -0.386. The fourth-order valence-corrected chi connectivity index (χ4v) is 2.21. The van der Waals surface area contributed by atoms with E-state index >= 15 is 0 Å². The summed E-state index contributed by atoms with van der Waals surface area (Å²) in [7, 11) is 0. The maximum atomic E-state index is 10.9. The van der Waals surface area contributed by atoms with Crippen LogP contribution in [0.15, 0.2) is 12.3 Å². The van der Waals surface area contributed by atoms with Crippen LogP contribution in [0.25, 0.3) is 0 Å². The number of aliphatic hydroxyl groups excluding tert-OH is 1. The van der Waals surface area contributed by atoms with E-state index in [0.29, 0.717) is 30.9 Å². The Kier molecular flexibility index (Phi) is 3.47. The molecule has 2 unspecified atom stereocenters. The summed E-state index contributed by atoms with van der Waals surface area (Å²) in [6.45, 7) is 5.00. The zero-order valence-corrected chi connectivity index (χ0v) is 10.5. The molecule has 1 aromatic rings. The smallest absolute Gasteiger partial charge is 0.277 e. The van der Waals surface area contributed by atoms with Crippen molar-refractivity contribution < 1.29 is 10.0 Å². The summed E-state index contributed by atoms with van der Waals surface area (Å²) in [5, 5.41) is 20.6. The molecule has 1 saturated heterocycles. The van der Waals surface area contributed by atoms with E-state index in [0.717, 1.165) is 0 Å². The molecule has 2 atom stereocenters. The third-order valence-corrected chi connectivity index (χ3v) is 3.44. The number of aromatic nitrogens is 1. The van der Waals surface area contributed by atoms with Crippen molar-refractivity contribution in [1.82, 2.24) is 4.98 Å². The van der Waals surface area contributed by atoms with Crippen molar-refractivity contribution in [1.29, 1.82) is 0 Å². The summed E-state index contributed by atoms with van der Waals surface area (Å²) in [4.78, 5) is 16.7. The van der Waals surface area contributed by atoms with Gasteiger partial charge in [-0.05, 0) is 19.3 Å². The average Bonchev–Trinajstić information content (AvgIpc) is 2.33. The van der Waals surface area contributed by atoms with Gasteiger partial charge in [-0.15, -0.1) is 0 Å². The summed E-state index contributed by atoms with van der Waals surface area (Å²) in [5.74, 6) is 0.770. The molecule has 98 valence electrons.